The number of nitrogens with one attached hydrogen (secondary N) is 2. The van der Waals surface area contributed by atoms with Gasteiger partial charge in [-0.15, -0.1) is 0 Å². The molecule has 1 aliphatic heterocycles. The number of amides is 1. The number of carbonyl (C=O) groups excluding carboxylic acids is 1. The van der Waals surface area contributed by atoms with Crippen LogP contribution < -0.4 is 10.9 Å². The fraction of sp³-hybridized carbons (Fsp3) is 0.364. The van der Waals surface area contributed by atoms with Gasteiger partial charge in [0, 0.05) is 10.2 Å². The van der Waals surface area contributed by atoms with Crippen molar-refractivity contribution in [3.8, 4) is 0 Å². The van der Waals surface area contributed by atoms with Crippen molar-refractivity contribution in [3.63, 3.8) is 0 Å². The minimum absolute atomic E-state index is 0.371. The molecule has 1 unspecified atom stereocenters. The number of benzene rings is 1. The van der Waals surface area contributed by atoms with Crippen LogP contribution in [0.5, 0.6) is 0 Å². The van der Waals surface area contributed by atoms with Gasteiger partial charge in [0.1, 0.15) is 5.82 Å². The summed E-state index contributed by atoms with van der Waals surface area (Å²) < 4.78 is 13.4. The van der Waals surface area contributed by atoms with Crippen molar-refractivity contribution in [2.45, 2.75) is 12.0 Å². The summed E-state index contributed by atoms with van der Waals surface area (Å²) in [7, 11) is 0. The number of carbonyl (C=O) groups is 1. The Bertz CT molecular complexity index is 466. The Morgan fingerprint density at radius 1 is 1.56 bits per heavy atom. The maximum Gasteiger partial charge on any atom is 0.271 e. The molecule has 0 spiro atoms. The fourth-order valence-corrected chi connectivity index (χ4v) is 3.25. The zero-order chi connectivity index (χ0) is 13.2. The first-order valence-electron chi connectivity index (χ1n) is 5.33. The number of aliphatic hydroxyl groups is 1. The molecule has 18 heavy (non-hydrogen) atoms. The monoisotopic (exact) mass is 334 g/mol. The van der Waals surface area contributed by atoms with Crippen LogP contribution in [-0.2, 0) is 4.79 Å². The maximum absolute atomic E-state index is 12.9. The summed E-state index contributed by atoms with van der Waals surface area (Å²) in [6.07, 6.45) is 0.440. The molecule has 1 atom stereocenters. The molecule has 7 heteroatoms. The summed E-state index contributed by atoms with van der Waals surface area (Å²) >= 11 is 4.71. The smallest absolute Gasteiger partial charge is 0.271 e. The van der Waals surface area contributed by atoms with Crippen LogP contribution in [0.25, 0.3) is 0 Å². The van der Waals surface area contributed by atoms with Crippen LogP contribution in [0.2, 0.25) is 0 Å². The standard InChI is InChI=1S/C11H12BrFN2O2S/c12-8-5-7(13)1-2-9(8)14-15-10(16)11(17)3-4-18-6-11/h1-2,5,14,17H,3-4,6H2,(H,15,16). The number of hydrogen-bond acceptors (Lipinski definition) is 4. The van der Waals surface area contributed by atoms with E-state index < -0.39 is 11.5 Å². The zero-order valence-corrected chi connectivity index (χ0v) is 11.8. The van der Waals surface area contributed by atoms with Gasteiger partial charge in [-0.25, -0.2) is 4.39 Å². The molecule has 1 aromatic rings. The molecule has 0 saturated carbocycles. The van der Waals surface area contributed by atoms with E-state index in [2.05, 4.69) is 26.8 Å². The third-order valence-electron chi connectivity index (χ3n) is 2.67. The summed E-state index contributed by atoms with van der Waals surface area (Å²) in [5.74, 6) is 0.322. The van der Waals surface area contributed by atoms with Crippen molar-refractivity contribution in [1.82, 2.24) is 5.43 Å². The summed E-state index contributed by atoms with van der Waals surface area (Å²) in [6.45, 7) is 0. The molecule has 0 bridgehead atoms. The molecule has 0 radical (unpaired) electrons. The third kappa shape index (κ3) is 2.96. The molecule has 0 aromatic heterocycles. The molecule has 1 amide bonds. The van der Waals surface area contributed by atoms with Crippen molar-refractivity contribution >= 4 is 39.3 Å². The van der Waals surface area contributed by atoms with E-state index in [4.69, 9.17) is 0 Å². The number of rotatable bonds is 3. The van der Waals surface area contributed by atoms with Gasteiger partial charge in [0.25, 0.3) is 5.91 Å². The van der Waals surface area contributed by atoms with Crippen molar-refractivity contribution in [3.05, 3.63) is 28.5 Å². The van der Waals surface area contributed by atoms with Crippen LogP contribution in [0.4, 0.5) is 10.1 Å². The SMILES string of the molecule is O=C(NNc1ccc(F)cc1Br)C1(O)CCSC1. The van der Waals surface area contributed by atoms with E-state index in [-0.39, 0.29) is 5.82 Å². The molecular weight excluding hydrogens is 323 g/mol. The van der Waals surface area contributed by atoms with Gasteiger partial charge in [-0.2, -0.15) is 11.8 Å². The molecular formula is C11H12BrFN2O2S. The lowest BCUT2D eigenvalue weighted by molar-refractivity contribution is -0.136. The van der Waals surface area contributed by atoms with Crippen LogP contribution in [0.3, 0.4) is 0 Å². The highest BCUT2D eigenvalue weighted by Crippen LogP contribution is 2.28. The fourth-order valence-electron chi connectivity index (χ4n) is 1.56. The molecule has 1 saturated heterocycles. The summed E-state index contributed by atoms with van der Waals surface area (Å²) in [5.41, 5.74) is 4.31. The van der Waals surface area contributed by atoms with E-state index in [0.29, 0.717) is 22.3 Å². The lowest BCUT2D eigenvalue weighted by Crippen LogP contribution is -2.48. The quantitative estimate of drug-likeness (QED) is 0.739. The Morgan fingerprint density at radius 3 is 2.94 bits per heavy atom. The summed E-state index contributed by atoms with van der Waals surface area (Å²) in [4.78, 5) is 11.8. The average Bonchev–Trinajstić information content (AvgIpc) is 2.76. The Balaban J connectivity index is 1.97. The van der Waals surface area contributed by atoms with Gasteiger partial charge in [0.05, 0.1) is 5.69 Å². The predicted octanol–water partition coefficient (Wildman–Crippen LogP) is 1.90. The Morgan fingerprint density at radius 2 is 2.33 bits per heavy atom. The predicted molar refractivity (Wildman–Crippen MR) is 72.8 cm³/mol. The first kappa shape index (κ1) is 13.6. The van der Waals surface area contributed by atoms with Crippen LogP contribution in [0, 0.1) is 5.82 Å². The van der Waals surface area contributed by atoms with Crippen LogP contribution in [0.1, 0.15) is 6.42 Å². The van der Waals surface area contributed by atoms with Gasteiger partial charge in [-0.1, -0.05) is 0 Å². The van der Waals surface area contributed by atoms with Gasteiger partial charge in [0.15, 0.2) is 5.60 Å². The zero-order valence-electron chi connectivity index (χ0n) is 9.37. The number of thioether (sulfide) groups is 1. The molecule has 1 heterocycles. The van der Waals surface area contributed by atoms with Crippen molar-refractivity contribution in [2.24, 2.45) is 0 Å². The number of hydrazine groups is 1. The van der Waals surface area contributed by atoms with Gasteiger partial charge >= 0.3 is 0 Å². The second-order valence-electron chi connectivity index (χ2n) is 4.04. The topological polar surface area (TPSA) is 61.4 Å². The lowest BCUT2D eigenvalue weighted by atomic mass is 10.0. The Hall–Kier alpha value is -0.790. The van der Waals surface area contributed by atoms with Crippen LogP contribution >= 0.6 is 27.7 Å². The first-order valence-corrected chi connectivity index (χ1v) is 7.28. The van der Waals surface area contributed by atoms with Gasteiger partial charge in [-0.05, 0) is 46.3 Å². The second kappa shape index (κ2) is 5.46. The number of halogens is 2. The molecule has 3 N–H and O–H groups in total. The normalized spacial score (nSPS) is 22.8. The summed E-state index contributed by atoms with van der Waals surface area (Å²) in [5, 5.41) is 10.0. The van der Waals surface area contributed by atoms with Crippen molar-refractivity contribution in [1.29, 1.82) is 0 Å². The number of anilines is 1. The molecule has 0 aliphatic carbocycles. The Labute approximate surface area is 116 Å². The highest BCUT2D eigenvalue weighted by atomic mass is 79.9. The minimum Gasteiger partial charge on any atom is -0.379 e. The van der Waals surface area contributed by atoms with Crippen LogP contribution in [0.15, 0.2) is 22.7 Å². The minimum atomic E-state index is -1.32. The first-order chi connectivity index (χ1) is 8.51. The van der Waals surface area contributed by atoms with Gasteiger partial charge in [0.2, 0.25) is 0 Å². The van der Waals surface area contributed by atoms with Crippen molar-refractivity contribution < 1.29 is 14.3 Å². The van der Waals surface area contributed by atoms with Crippen molar-refractivity contribution in [2.75, 3.05) is 16.9 Å². The molecule has 1 aromatic carbocycles. The Kier molecular flexibility index (Phi) is 4.14. The average molecular weight is 335 g/mol. The van der Waals surface area contributed by atoms with E-state index >= 15 is 0 Å². The summed E-state index contributed by atoms with van der Waals surface area (Å²) in [6, 6.07) is 4.06. The highest BCUT2D eigenvalue weighted by molar-refractivity contribution is 9.10. The second-order valence-corrected chi connectivity index (χ2v) is 6.00. The molecule has 1 fully saturated rings. The largest absolute Gasteiger partial charge is 0.379 e. The third-order valence-corrected chi connectivity index (χ3v) is 4.50. The van der Waals surface area contributed by atoms with Gasteiger partial charge in [-0.3, -0.25) is 15.6 Å². The molecule has 98 valence electrons. The number of hydrogen-bond donors (Lipinski definition) is 3. The highest BCUT2D eigenvalue weighted by Gasteiger charge is 2.39. The lowest BCUT2D eigenvalue weighted by Gasteiger charge is -2.21. The van der Waals surface area contributed by atoms with E-state index in [1.807, 2.05) is 0 Å². The molecule has 1 aliphatic rings. The van der Waals surface area contributed by atoms with Gasteiger partial charge < -0.3 is 5.11 Å². The molecule has 4 nitrogen and oxygen atoms in total. The maximum atomic E-state index is 12.9. The van der Waals surface area contributed by atoms with E-state index in [9.17, 15) is 14.3 Å². The van der Waals surface area contributed by atoms with E-state index in [1.54, 1.807) is 0 Å². The van der Waals surface area contributed by atoms with E-state index in [0.717, 1.165) is 5.75 Å². The van der Waals surface area contributed by atoms with Crippen LogP contribution in [-0.4, -0.2) is 28.1 Å². The molecule has 2 rings (SSSR count). The van der Waals surface area contributed by atoms with E-state index in [1.165, 1.54) is 30.0 Å².